The molecule has 1 fully saturated rings. The maximum atomic E-state index is 13.3. The van der Waals surface area contributed by atoms with E-state index in [-0.39, 0.29) is 11.1 Å². The van der Waals surface area contributed by atoms with E-state index in [2.05, 4.69) is 0 Å². The monoisotopic (exact) mass is 480 g/mol. The predicted octanol–water partition coefficient (Wildman–Crippen LogP) is -0.833. The predicted molar refractivity (Wildman–Crippen MR) is 111 cm³/mol. The Morgan fingerprint density at radius 3 is 2.12 bits per heavy atom. The van der Waals surface area contributed by atoms with E-state index >= 15 is 0 Å². The molecular weight excluding hydrogens is 460 g/mol. The first-order valence-electron chi connectivity index (χ1n) is 9.78. The molecule has 13 heteroatoms. The minimum absolute atomic E-state index is 0.214. The van der Waals surface area contributed by atoms with Crippen LogP contribution in [0.15, 0.2) is 33.5 Å². The summed E-state index contributed by atoms with van der Waals surface area (Å²) in [6.45, 7) is -0.774. The molecule has 0 saturated carbocycles. The third-order valence-electron chi connectivity index (χ3n) is 5.33. The van der Waals surface area contributed by atoms with Gasteiger partial charge in [0, 0.05) is 17.7 Å². The largest absolute Gasteiger partial charge is 0.508 e. The van der Waals surface area contributed by atoms with E-state index in [9.17, 15) is 50.8 Å². The van der Waals surface area contributed by atoms with Gasteiger partial charge in [0.2, 0.25) is 17.5 Å². The summed E-state index contributed by atoms with van der Waals surface area (Å²) in [6, 6.07) is 3.66. The Balaban J connectivity index is 1.94. The van der Waals surface area contributed by atoms with Crippen LogP contribution in [0.2, 0.25) is 0 Å². The van der Waals surface area contributed by atoms with Gasteiger partial charge in [0.15, 0.2) is 23.0 Å². The maximum Gasteiger partial charge on any atom is 0.239 e. The molecule has 2 aromatic carbocycles. The van der Waals surface area contributed by atoms with Crippen LogP contribution < -0.4 is 10.2 Å². The fourth-order valence-corrected chi connectivity index (χ4v) is 3.58. The van der Waals surface area contributed by atoms with Gasteiger partial charge in [-0.2, -0.15) is 0 Å². The van der Waals surface area contributed by atoms with E-state index < -0.39 is 88.4 Å². The second-order valence-corrected chi connectivity index (χ2v) is 7.61. The minimum Gasteiger partial charge on any atom is -0.508 e. The zero-order valence-corrected chi connectivity index (χ0v) is 17.1. The van der Waals surface area contributed by atoms with Gasteiger partial charge >= 0.3 is 0 Å². The van der Waals surface area contributed by atoms with E-state index in [1.165, 1.54) is 0 Å². The van der Waals surface area contributed by atoms with Crippen molar-refractivity contribution in [1.82, 2.24) is 0 Å². The van der Waals surface area contributed by atoms with E-state index in [4.69, 9.17) is 13.9 Å². The molecule has 4 rings (SSSR count). The van der Waals surface area contributed by atoms with Crippen LogP contribution in [0.3, 0.4) is 0 Å². The van der Waals surface area contributed by atoms with Crippen LogP contribution in [0, 0.1) is 0 Å². The molecule has 0 spiro atoms. The summed E-state index contributed by atoms with van der Waals surface area (Å²) >= 11 is 0. The van der Waals surface area contributed by atoms with E-state index in [1.54, 1.807) is 0 Å². The second-order valence-electron chi connectivity index (χ2n) is 7.61. The number of phenolic OH excluding ortho intramolecular Hbond substituents is 5. The van der Waals surface area contributed by atoms with Crippen LogP contribution in [0.5, 0.6) is 34.5 Å². The maximum absolute atomic E-state index is 13.3. The Labute approximate surface area is 189 Å². The lowest BCUT2D eigenvalue weighted by molar-refractivity contribution is -0.277. The lowest BCUT2D eigenvalue weighted by atomic mass is 9.99. The molecule has 0 aliphatic carbocycles. The molecule has 182 valence electrons. The molecule has 1 saturated heterocycles. The first kappa shape index (κ1) is 23.4. The van der Waals surface area contributed by atoms with Crippen molar-refractivity contribution in [2.75, 3.05) is 6.61 Å². The summed E-state index contributed by atoms with van der Waals surface area (Å²) in [5.41, 5.74) is -1.59. The van der Waals surface area contributed by atoms with Gasteiger partial charge in [-0.05, 0) is 12.1 Å². The van der Waals surface area contributed by atoms with Crippen molar-refractivity contribution >= 4 is 11.0 Å². The highest BCUT2D eigenvalue weighted by molar-refractivity contribution is 5.88. The van der Waals surface area contributed by atoms with Gasteiger partial charge in [0.05, 0.1) is 6.61 Å². The van der Waals surface area contributed by atoms with Gasteiger partial charge in [0.25, 0.3) is 0 Å². The molecule has 9 N–H and O–H groups in total. The summed E-state index contributed by atoms with van der Waals surface area (Å²) < 4.78 is 16.3. The van der Waals surface area contributed by atoms with Crippen molar-refractivity contribution in [3.8, 4) is 45.8 Å². The van der Waals surface area contributed by atoms with Crippen molar-refractivity contribution < 1.29 is 59.8 Å². The normalized spacial score (nSPS) is 24.9. The van der Waals surface area contributed by atoms with Crippen LogP contribution in [0.1, 0.15) is 0 Å². The van der Waals surface area contributed by atoms with Crippen molar-refractivity contribution in [3.63, 3.8) is 0 Å². The molecule has 0 amide bonds. The summed E-state index contributed by atoms with van der Waals surface area (Å²) in [6.07, 6.45) is -8.64. The molecule has 13 nitrogen and oxygen atoms in total. The SMILES string of the molecule is O=c1c(O[C@H]2O[C@H](CO)[C@H](O)[C@H](O)[C@H]2O)c(-c2cc(O)c(O)c(O)c2)oc2cc(O)cc(O)c12. The summed E-state index contributed by atoms with van der Waals surface area (Å²) in [5.74, 6) is -4.83. The number of aromatic hydroxyl groups is 5. The van der Waals surface area contributed by atoms with Crippen molar-refractivity contribution in [3.05, 3.63) is 34.5 Å². The standard InChI is InChI=1S/C21H20O13/c22-5-12-15(28)17(30)18(31)21(33-12)34-20-16(29)13-8(24)3-7(23)4-11(13)32-19(20)6-1-9(25)14(27)10(26)2-6/h1-4,12,15,17-18,21-28,30-31H,5H2/t12-,15+,17+,18-,21-/m1/s1. The molecule has 34 heavy (non-hydrogen) atoms. The van der Waals surface area contributed by atoms with Crippen molar-refractivity contribution in [1.29, 1.82) is 0 Å². The van der Waals surface area contributed by atoms with E-state index in [1.807, 2.05) is 0 Å². The lowest BCUT2D eigenvalue weighted by Gasteiger charge is -2.39. The first-order valence-corrected chi connectivity index (χ1v) is 9.78. The molecule has 2 heterocycles. The van der Waals surface area contributed by atoms with Gasteiger partial charge in [-0.25, -0.2) is 0 Å². The Morgan fingerprint density at radius 2 is 1.50 bits per heavy atom. The smallest absolute Gasteiger partial charge is 0.239 e. The lowest BCUT2D eigenvalue weighted by Crippen LogP contribution is -2.60. The van der Waals surface area contributed by atoms with Crippen LogP contribution in [-0.2, 0) is 4.74 Å². The highest BCUT2D eigenvalue weighted by atomic mass is 16.7. The van der Waals surface area contributed by atoms with Gasteiger partial charge in [-0.3, -0.25) is 4.79 Å². The third-order valence-corrected chi connectivity index (χ3v) is 5.33. The molecule has 0 unspecified atom stereocenters. The van der Waals surface area contributed by atoms with Gasteiger partial charge < -0.3 is 59.8 Å². The molecule has 5 atom stereocenters. The van der Waals surface area contributed by atoms with Crippen LogP contribution in [0.4, 0.5) is 0 Å². The number of hydrogen-bond donors (Lipinski definition) is 9. The zero-order chi connectivity index (χ0) is 24.9. The van der Waals surface area contributed by atoms with E-state index in [0.29, 0.717) is 0 Å². The number of phenols is 5. The van der Waals surface area contributed by atoms with Gasteiger partial charge in [0.1, 0.15) is 46.9 Å². The third kappa shape index (κ3) is 3.81. The Morgan fingerprint density at radius 1 is 0.853 bits per heavy atom. The molecule has 0 radical (unpaired) electrons. The van der Waals surface area contributed by atoms with E-state index in [0.717, 1.165) is 24.3 Å². The topological polar surface area (TPSA) is 231 Å². The Bertz CT molecular complexity index is 1280. The van der Waals surface area contributed by atoms with Gasteiger partial charge in [-0.1, -0.05) is 0 Å². The molecule has 0 bridgehead atoms. The first-order chi connectivity index (χ1) is 16.0. The number of ether oxygens (including phenoxy) is 2. The summed E-state index contributed by atoms with van der Waals surface area (Å²) in [5, 5.41) is 88.6. The second kappa shape index (κ2) is 8.55. The number of rotatable bonds is 4. The highest BCUT2D eigenvalue weighted by Crippen LogP contribution is 2.43. The highest BCUT2D eigenvalue weighted by Gasteiger charge is 2.45. The van der Waals surface area contributed by atoms with Gasteiger partial charge in [-0.15, -0.1) is 0 Å². The molecule has 1 aliphatic rings. The molecule has 1 aliphatic heterocycles. The number of aliphatic hydroxyl groups excluding tert-OH is 4. The summed E-state index contributed by atoms with van der Waals surface area (Å²) in [7, 11) is 0. The van der Waals surface area contributed by atoms with Crippen LogP contribution >= 0.6 is 0 Å². The number of aliphatic hydroxyl groups is 4. The van der Waals surface area contributed by atoms with Crippen LogP contribution in [-0.4, -0.2) is 83.3 Å². The number of hydrogen-bond acceptors (Lipinski definition) is 13. The fraction of sp³-hybridized carbons (Fsp3) is 0.286. The quantitative estimate of drug-likeness (QED) is 0.208. The minimum atomic E-state index is -1.91. The average Bonchev–Trinajstić information content (AvgIpc) is 2.78. The van der Waals surface area contributed by atoms with Crippen LogP contribution in [0.25, 0.3) is 22.3 Å². The fourth-order valence-electron chi connectivity index (χ4n) is 3.58. The Kier molecular flexibility index (Phi) is 5.89. The molecular formula is C21H20O13. The number of fused-ring (bicyclic) bond motifs is 1. The zero-order valence-electron chi connectivity index (χ0n) is 17.1. The van der Waals surface area contributed by atoms with Crippen molar-refractivity contribution in [2.45, 2.75) is 30.7 Å². The Hall–Kier alpha value is -3.75. The number of benzene rings is 2. The average molecular weight is 480 g/mol. The van der Waals surface area contributed by atoms with Crippen molar-refractivity contribution in [2.24, 2.45) is 0 Å². The summed E-state index contributed by atoms with van der Waals surface area (Å²) in [4.78, 5) is 13.3. The molecule has 3 aromatic rings. The molecule has 1 aromatic heterocycles.